The van der Waals surface area contributed by atoms with E-state index in [0.29, 0.717) is 45.1 Å². The van der Waals surface area contributed by atoms with Gasteiger partial charge in [0.05, 0.1) is 19.0 Å². The van der Waals surface area contributed by atoms with Gasteiger partial charge >= 0.3 is 0 Å². The summed E-state index contributed by atoms with van der Waals surface area (Å²) in [4.78, 5) is 30.0. The van der Waals surface area contributed by atoms with Crippen LogP contribution in [0.2, 0.25) is 0 Å². The summed E-state index contributed by atoms with van der Waals surface area (Å²) in [7, 11) is 0. The quantitative estimate of drug-likeness (QED) is 0.675. The van der Waals surface area contributed by atoms with Crippen molar-refractivity contribution in [2.45, 2.75) is 24.7 Å². The molecule has 0 unspecified atom stereocenters. The molecule has 0 bridgehead atoms. The third kappa shape index (κ3) is 5.02. The second kappa shape index (κ2) is 9.24. The first-order chi connectivity index (χ1) is 12.5. The van der Waals surface area contributed by atoms with Gasteiger partial charge in [0, 0.05) is 41.5 Å². The molecule has 0 radical (unpaired) electrons. The highest BCUT2D eigenvalue weighted by molar-refractivity contribution is 9.10. The number of piperidine rings is 1. The van der Waals surface area contributed by atoms with Crippen LogP contribution < -0.4 is 0 Å². The standard InChI is InChI=1S/C19H25BrN2O3S/c1-14-12-16(20)2-3-17(14)26-13-18(23)21-6-4-15(5-7-21)19(24)22-8-10-25-11-9-22/h2-3,12,15H,4-11,13H2,1H3. The number of thioether (sulfide) groups is 1. The van der Waals surface area contributed by atoms with Crippen molar-refractivity contribution < 1.29 is 14.3 Å². The summed E-state index contributed by atoms with van der Waals surface area (Å²) < 4.78 is 6.37. The van der Waals surface area contributed by atoms with Crippen LogP contribution in [-0.4, -0.2) is 66.8 Å². The summed E-state index contributed by atoms with van der Waals surface area (Å²) in [6, 6.07) is 6.11. The van der Waals surface area contributed by atoms with Crippen molar-refractivity contribution in [1.82, 2.24) is 9.80 Å². The second-order valence-electron chi connectivity index (χ2n) is 6.79. The Hall–Kier alpha value is -1.05. The Bertz CT molecular complexity index is 656. The molecule has 2 fully saturated rings. The fourth-order valence-electron chi connectivity index (χ4n) is 3.42. The molecule has 2 aliphatic rings. The monoisotopic (exact) mass is 440 g/mol. The Balaban J connectivity index is 1.45. The Kier molecular flexibility index (Phi) is 7.00. The maximum absolute atomic E-state index is 12.6. The predicted molar refractivity (Wildman–Crippen MR) is 106 cm³/mol. The van der Waals surface area contributed by atoms with E-state index in [1.807, 2.05) is 21.9 Å². The first-order valence-electron chi connectivity index (χ1n) is 9.08. The third-order valence-electron chi connectivity index (χ3n) is 5.01. The number of hydrogen-bond acceptors (Lipinski definition) is 4. The second-order valence-corrected chi connectivity index (χ2v) is 8.72. The van der Waals surface area contributed by atoms with Gasteiger partial charge in [0.2, 0.25) is 11.8 Å². The molecule has 0 aromatic heterocycles. The zero-order chi connectivity index (χ0) is 18.5. The van der Waals surface area contributed by atoms with Crippen LogP contribution in [0.15, 0.2) is 27.6 Å². The van der Waals surface area contributed by atoms with E-state index >= 15 is 0 Å². The first-order valence-corrected chi connectivity index (χ1v) is 10.9. The van der Waals surface area contributed by atoms with Gasteiger partial charge in [0.15, 0.2) is 0 Å². The molecule has 3 rings (SSSR count). The minimum absolute atomic E-state index is 0.0542. The van der Waals surface area contributed by atoms with E-state index in [2.05, 4.69) is 28.9 Å². The van der Waals surface area contributed by atoms with Crippen LogP contribution in [-0.2, 0) is 14.3 Å². The number of amides is 2. The van der Waals surface area contributed by atoms with Crippen LogP contribution in [0.5, 0.6) is 0 Å². The zero-order valence-electron chi connectivity index (χ0n) is 15.1. The predicted octanol–water partition coefficient (Wildman–Crippen LogP) is 2.95. The lowest BCUT2D eigenvalue weighted by Gasteiger charge is -2.35. The maximum Gasteiger partial charge on any atom is 0.232 e. The van der Waals surface area contributed by atoms with Crippen molar-refractivity contribution in [3.8, 4) is 0 Å². The highest BCUT2D eigenvalue weighted by Gasteiger charge is 2.30. The Morgan fingerprint density at radius 1 is 1.15 bits per heavy atom. The summed E-state index contributed by atoms with van der Waals surface area (Å²) in [5.74, 6) is 0.901. The van der Waals surface area contributed by atoms with Crippen LogP contribution in [0.1, 0.15) is 18.4 Å². The van der Waals surface area contributed by atoms with E-state index in [1.54, 1.807) is 11.8 Å². The topological polar surface area (TPSA) is 49.9 Å². The average molecular weight is 441 g/mol. The van der Waals surface area contributed by atoms with E-state index in [1.165, 1.54) is 5.56 Å². The normalized spacial score (nSPS) is 18.8. The number of nitrogens with zero attached hydrogens (tertiary/aromatic N) is 2. The number of rotatable bonds is 4. The number of aryl methyl sites for hydroxylation is 1. The van der Waals surface area contributed by atoms with Crippen molar-refractivity contribution in [3.05, 3.63) is 28.2 Å². The highest BCUT2D eigenvalue weighted by atomic mass is 79.9. The Labute approximate surface area is 167 Å². The highest BCUT2D eigenvalue weighted by Crippen LogP contribution is 2.26. The molecule has 0 aliphatic carbocycles. The first kappa shape index (κ1) is 19.7. The molecule has 0 saturated carbocycles. The zero-order valence-corrected chi connectivity index (χ0v) is 17.5. The lowest BCUT2D eigenvalue weighted by Crippen LogP contribution is -2.47. The summed E-state index contributed by atoms with van der Waals surface area (Å²) in [5, 5.41) is 0. The van der Waals surface area contributed by atoms with Crippen molar-refractivity contribution in [2.75, 3.05) is 45.1 Å². The number of benzene rings is 1. The number of halogens is 1. The van der Waals surface area contributed by atoms with Gasteiger partial charge in [-0.3, -0.25) is 9.59 Å². The molecule has 2 saturated heterocycles. The van der Waals surface area contributed by atoms with Gasteiger partial charge in [0.25, 0.3) is 0 Å². The molecule has 2 aliphatic heterocycles. The molecule has 0 atom stereocenters. The van der Waals surface area contributed by atoms with Gasteiger partial charge < -0.3 is 14.5 Å². The van der Waals surface area contributed by atoms with Crippen molar-refractivity contribution in [2.24, 2.45) is 5.92 Å². The van der Waals surface area contributed by atoms with Crippen molar-refractivity contribution in [3.63, 3.8) is 0 Å². The van der Waals surface area contributed by atoms with Crippen LogP contribution >= 0.6 is 27.7 Å². The minimum Gasteiger partial charge on any atom is -0.378 e. The van der Waals surface area contributed by atoms with Gasteiger partial charge in [-0.05, 0) is 43.5 Å². The lowest BCUT2D eigenvalue weighted by atomic mass is 9.95. The van der Waals surface area contributed by atoms with E-state index < -0.39 is 0 Å². The van der Waals surface area contributed by atoms with Crippen LogP contribution in [0.25, 0.3) is 0 Å². The molecule has 0 spiro atoms. The smallest absolute Gasteiger partial charge is 0.232 e. The average Bonchev–Trinajstić information content (AvgIpc) is 2.67. The Morgan fingerprint density at radius 3 is 2.50 bits per heavy atom. The SMILES string of the molecule is Cc1cc(Br)ccc1SCC(=O)N1CCC(C(=O)N2CCOCC2)CC1. The van der Waals surface area contributed by atoms with Crippen molar-refractivity contribution in [1.29, 1.82) is 0 Å². The maximum atomic E-state index is 12.6. The number of ether oxygens (including phenoxy) is 1. The van der Waals surface area contributed by atoms with E-state index in [4.69, 9.17) is 4.74 Å². The summed E-state index contributed by atoms with van der Waals surface area (Å²) in [6.45, 7) is 6.08. The number of carbonyl (C=O) groups is 2. The Morgan fingerprint density at radius 2 is 1.85 bits per heavy atom. The molecule has 1 aromatic carbocycles. The number of hydrogen-bond donors (Lipinski definition) is 0. The molecular formula is C19H25BrN2O3S. The van der Waals surface area contributed by atoms with Gasteiger partial charge in [-0.1, -0.05) is 15.9 Å². The van der Waals surface area contributed by atoms with Gasteiger partial charge in [-0.25, -0.2) is 0 Å². The fourth-order valence-corrected chi connectivity index (χ4v) is 4.81. The molecular weight excluding hydrogens is 416 g/mol. The lowest BCUT2D eigenvalue weighted by molar-refractivity contribution is -0.143. The molecule has 5 nitrogen and oxygen atoms in total. The van der Waals surface area contributed by atoms with E-state index in [9.17, 15) is 9.59 Å². The van der Waals surface area contributed by atoms with Gasteiger partial charge in [-0.2, -0.15) is 0 Å². The number of morpholine rings is 1. The van der Waals surface area contributed by atoms with Gasteiger partial charge in [-0.15, -0.1) is 11.8 Å². The minimum atomic E-state index is 0.0542. The summed E-state index contributed by atoms with van der Waals surface area (Å²) in [5.41, 5.74) is 1.17. The van der Waals surface area contributed by atoms with Crippen LogP contribution in [0.4, 0.5) is 0 Å². The molecule has 2 amide bonds. The van der Waals surface area contributed by atoms with Crippen LogP contribution in [0.3, 0.4) is 0 Å². The number of likely N-dealkylation sites (tertiary alicyclic amines) is 1. The van der Waals surface area contributed by atoms with Crippen LogP contribution in [0, 0.1) is 12.8 Å². The molecule has 26 heavy (non-hydrogen) atoms. The van der Waals surface area contributed by atoms with Gasteiger partial charge in [0.1, 0.15) is 0 Å². The summed E-state index contributed by atoms with van der Waals surface area (Å²) in [6.07, 6.45) is 1.54. The van der Waals surface area contributed by atoms with Crippen molar-refractivity contribution >= 4 is 39.5 Å². The van der Waals surface area contributed by atoms with E-state index in [0.717, 1.165) is 22.2 Å². The third-order valence-corrected chi connectivity index (χ3v) is 6.66. The molecule has 0 N–H and O–H groups in total. The molecule has 142 valence electrons. The number of carbonyl (C=O) groups excluding carboxylic acids is 2. The molecule has 1 aromatic rings. The molecule has 2 heterocycles. The largest absolute Gasteiger partial charge is 0.378 e. The molecule has 7 heteroatoms. The fraction of sp³-hybridized carbons (Fsp3) is 0.579. The van der Waals surface area contributed by atoms with E-state index in [-0.39, 0.29) is 17.7 Å². The summed E-state index contributed by atoms with van der Waals surface area (Å²) >= 11 is 5.05.